The molecule has 1 aliphatic heterocycles. The van der Waals surface area contributed by atoms with E-state index in [2.05, 4.69) is 57.8 Å². The molecule has 1 heterocycles. The first-order chi connectivity index (χ1) is 25.2. The van der Waals surface area contributed by atoms with Gasteiger partial charge in [-0.15, -0.1) is 0 Å². The predicted molar refractivity (Wildman–Crippen MR) is 207 cm³/mol. The fourth-order valence-corrected chi connectivity index (χ4v) is 6.40. The molecule has 1 fully saturated rings. The number of hydrogen-bond donors (Lipinski definition) is 0. The Kier molecular flexibility index (Phi) is 17.0. The normalized spacial score (nSPS) is 16.9. The molecular weight excluding hydrogens is 794 g/mol. The largest absolute Gasteiger partial charge is 0.457 e. The lowest BCUT2D eigenvalue weighted by Gasteiger charge is -2.13. The summed E-state index contributed by atoms with van der Waals surface area (Å²) in [6.45, 7) is 12.5. The molecule has 3 aromatic carbocycles. The van der Waals surface area contributed by atoms with E-state index in [-0.39, 0.29) is 23.2 Å². The van der Waals surface area contributed by atoms with Crippen LogP contribution in [0.4, 0.5) is 0 Å². The molecule has 11 heteroatoms. The molecule has 0 saturated heterocycles. The molecule has 0 N–H and O–H groups in total. The number of carbonyl (C=O) groups is 1. The molecule has 9 nitrogen and oxygen atoms in total. The number of para-hydroxylation sites is 1. The van der Waals surface area contributed by atoms with Crippen molar-refractivity contribution in [2.75, 3.05) is 39.8 Å². The van der Waals surface area contributed by atoms with Crippen LogP contribution < -0.4 is 14.2 Å². The summed E-state index contributed by atoms with van der Waals surface area (Å²) in [6.07, 6.45) is 5.34. The van der Waals surface area contributed by atoms with E-state index in [9.17, 15) is 10.1 Å². The molecule has 1 saturated carbocycles. The van der Waals surface area contributed by atoms with Gasteiger partial charge in [0.05, 0.1) is 42.3 Å². The van der Waals surface area contributed by atoms with Gasteiger partial charge in [-0.1, -0.05) is 76.9 Å². The lowest BCUT2D eigenvalue weighted by atomic mass is 10.0. The quantitative estimate of drug-likeness (QED) is 0.0862. The summed E-state index contributed by atoms with van der Waals surface area (Å²) in [4.78, 5) is 12.7. The van der Waals surface area contributed by atoms with E-state index in [1.807, 2.05) is 56.3 Å². The lowest BCUT2D eigenvalue weighted by molar-refractivity contribution is -0.149. The molecule has 0 amide bonds. The Hall–Kier alpha value is -3.40. The highest BCUT2D eigenvalue weighted by Crippen LogP contribution is 2.60. The molecule has 0 radical (unpaired) electrons. The fraction of sp³-hybridized carbons (Fsp3) is 0.463. The van der Waals surface area contributed by atoms with Gasteiger partial charge in [0.1, 0.15) is 17.6 Å². The molecule has 280 valence electrons. The summed E-state index contributed by atoms with van der Waals surface area (Å²) in [5, 5.41) is 9.56. The SMILES string of the molecule is CC1(C)[C@H](C(=O)O[C@H](C#N)c2cccc(Oc3ccccc3)c2)[C@@H]1C=C(Br)Br.CCCCOCCOCCOCc1cc2c(cc1CCC)OCO2. The highest BCUT2D eigenvalue weighted by Gasteiger charge is 2.61. The average Bonchev–Trinajstić information content (AvgIpc) is 3.40. The first-order valence-electron chi connectivity index (χ1n) is 17.8. The van der Waals surface area contributed by atoms with E-state index < -0.39 is 6.10 Å². The third-order valence-electron chi connectivity index (χ3n) is 8.82. The van der Waals surface area contributed by atoms with Crippen LogP contribution in [0.1, 0.15) is 69.8 Å². The van der Waals surface area contributed by atoms with E-state index in [0.717, 1.165) is 47.2 Å². The van der Waals surface area contributed by atoms with E-state index in [4.69, 9.17) is 33.2 Å². The van der Waals surface area contributed by atoms with Crippen LogP contribution in [0.5, 0.6) is 23.0 Å². The molecule has 0 spiro atoms. The molecular formula is C41H49Br2NO8. The average molecular weight is 844 g/mol. The summed E-state index contributed by atoms with van der Waals surface area (Å²) in [7, 11) is 0. The van der Waals surface area contributed by atoms with Crippen molar-refractivity contribution in [1.82, 2.24) is 0 Å². The number of benzene rings is 3. The highest BCUT2D eigenvalue weighted by atomic mass is 79.9. The molecule has 1 aliphatic carbocycles. The van der Waals surface area contributed by atoms with Crippen molar-refractivity contribution in [3.05, 3.63) is 92.9 Å². The van der Waals surface area contributed by atoms with Crippen molar-refractivity contribution < 1.29 is 38.0 Å². The Morgan fingerprint density at radius 3 is 2.19 bits per heavy atom. The molecule has 0 unspecified atom stereocenters. The Morgan fingerprint density at radius 2 is 1.54 bits per heavy atom. The second-order valence-electron chi connectivity index (χ2n) is 13.1. The molecule has 0 aromatic heterocycles. The van der Waals surface area contributed by atoms with Crippen LogP contribution in [0, 0.1) is 28.6 Å². The highest BCUT2D eigenvalue weighted by molar-refractivity contribution is 9.28. The van der Waals surface area contributed by atoms with Gasteiger partial charge in [0.2, 0.25) is 12.9 Å². The second-order valence-corrected chi connectivity index (χ2v) is 15.8. The van der Waals surface area contributed by atoms with Crippen LogP contribution in [0.15, 0.2) is 76.2 Å². The van der Waals surface area contributed by atoms with Gasteiger partial charge >= 0.3 is 5.97 Å². The van der Waals surface area contributed by atoms with Crippen LogP contribution >= 0.6 is 31.9 Å². The third-order valence-corrected chi connectivity index (χ3v) is 9.35. The maximum Gasteiger partial charge on any atom is 0.311 e. The Bertz CT molecular complexity index is 1640. The van der Waals surface area contributed by atoms with E-state index in [0.29, 0.717) is 56.9 Å². The maximum atomic E-state index is 12.7. The number of ether oxygens (including phenoxy) is 7. The monoisotopic (exact) mass is 841 g/mol. The number of aryl methyl sites for hydroxylation is 1. The number of carbonyl (C=O) groups excluding carboxylic acids is 1. The third kappa shape index (κ3) is 12.6. The zero-order chi connectivity index (χ0) is 37.3. The van der Waals surface area contributed by atoms with Crippen molar-refractivity contribution in [2.45, 2.75) is 66.1 Å². The number of unbranched alkanes of at least 4 members (excludes halogenated alkanes) is 1. The lowest BCUT2D eigenvalue weighted by Crippen LogP contribution is -2.14. The van der Waals surface area contributed by atoms with Gasteiger partial charge in [-0.2, -0.15) is 5.26 Å². The minimum absolute atomic E-state index is 0.0563. The number of hydrogen-bond acceptors (Lipinski definition) is 9. The second kappa shape index (κ2) is 21.3. The molecule has 3 aromatic rings. The zero-order valence-corrected chi connectivity index (χ0v) is 33.6. The summed E-state index contributed by atoms with van der Waals surface area (Å²) in [5.41, 5.74) is 2.81. The van der Waals surface area contributed by atoms with Gasteiger partial charge in [-0.05, 0) is 104 Å². The van der Waals surface area contributed by atoms with E-state index in [1.165, 1.54) is 11.1 Å². The van der Waals surface area contributed by atoms with Crippen LogP contribution in [0.2, 0.25) is 0 Å². The molecule has 52 heavy (non-hydrogen) atoms. The van der Waals surface area contributed by atoms with Gasteiger partial charge in [0, 0.05) is 12.2 Å². The van der Waals surface area contributed by atoms with Gasteiger partial charge in [-0.3, -0.25) is 4.79 Å². The number of nitriles is 1. The number of allylic oxidation sites excluding steroid dienone is 1. The van der Waals surface area contributed by atoms with Gasteiger partial charge in [0.25, 0.3) is 0 Å². The molecule has 0 bridgehead atoms. The number of rotatable bonds is 19. The van der Waals surface area contributed by atoms with Gasteiger partial charge in [-0.25, -0.2) is 0 Å². The van der Waals surface area contributed by atoms with Gasteiger partial charge < -0.3 is 33.2 Å². The number of esters is 1. The molecule has 2 aliphatic rings. The van der Waals surface area contributed by atoms with Crippen LogP contribution in [-0.2, 0) is 36.8 Å². The predicted octanol–water partition coefficient (Wildman–Crippen LogP) is 10.2. The number of halogens is 2. The van der Waals surface area contributed by atoms with Gasteiger partial charge in [0.15, 0.2) is 11.5 Å². The Labute approximate surface area is 324 Å². The standard InChI is InChI=1S/C22H19Br2NO3.C19H30O5/c1-22(2)17(12-19(23)24)20(22)21(26)28-18(13-25)14-7-6-10-16(11-14)27-15-8-4-3-5-9-15;1-3-5-7-20-8-9-21-10-11-22-14-17-13-19-18(23-15-24-19)12-16(17)6-4-2/h3-12,17-18,20H,1-2H3;12-13H,3-11,14-15H2,1-2H3/t17-,18+,20-;/m0./s1. The Morgan fingerprint density at radius 1 is 0.885 bits per heavy atom. The zero-order valence-electron chi connectivity index (χ0n) is 30.4. The van der Waals surface area contributed by atoms with E-state index in [1.54, 1.807) is 24.3 Å². The van der Waals surface area contributed by atoms with Crippen LogP contribution in [0.25, 0.3) is 0 Å². The number of fused-ring (bicyclic) bond motifs is 1. The number of nitrogens with zero attached hydrogens (tertiary/aromatic N) is 1. The first-order valence-corrected chi connectivity index (χ1v) is 19.4. The van der Waals surface area contributed by atoms with Crippen molar-refractivity contribution in [3.63, 3.8) is 0 Å². The molecule has 5 rings (SSSR count). The van der Waals surface area contributed by atoms with Crippen LogP contribution in [0.3, 0.4) is 0 Å². The molecule has 3 atom stereocenters. The summed E-state index contributed by atoms with van der Waals surface area (Å²) in [5.74, 6) is 2.34. The van der Waals surface area contributed by atoms with Crippen LogP contribution in [-0.4, -0.2) is 45.8 Å². The summed E-state index contributed by atoms with van der Waals surface area (Å²) >= 11 is 6.68. The van der Waals surface area contributed by atoms with Crippen molar-refractivity contribution in [3.8, 4) is 29.1 Å². The first kappa shape index (κ1) is 41.4. The summed E-state index contributed by atoms with van der Waals surface area (Å²) < 4.78 is 39.8. The fourth-order valence-electron chi connectivity index (χ4n) is 5.83. The Balaban J connectivity index is 0.000000236. The minimum Gasteiger partial charge on any atom is -0.457 e. The van der Waals surface area contributed by atoms with Crippen molar-refractivity contribution >= 4 is 37.8 Å². The topological polar surface area (TPSA) is 105 Å². The minimum atomic E-state index is -0.986. The summed E-state index contributed by atoms with van der Waals surface area (Å²) in [6, 6.07) is 22.6. The maximum absolute atomic E-state index is 12.7. The van der Waals surface area contributed by atoms with Crippen molar-refractivity contribution in [2.24, 2.45) is 17.3 Å². The van der Waals surface area contributed by atoms with Crippen molar-refractivity contribution in [1.29, 1.82) is 5.26 Å². The van der Waals surface area contributed by atoms with E-state index >= 15 is 0 Å². The smallest absolute Gasteiger partial charge is 0.311 e.